The van der Waals surface area contributed by atoms with Crippen molar-refractivity contribution in [1.29, 1.82) is 0 Å². The first-order valence-electron chi connectivity index (χ1n) is 9.99. The van der Waals surface area contributed by atoms with Gasteiger partial charge in [0.2, 0.25) is 0 Å². The van der Waals surface area contributed by atoms with E-state index in [2.05, 4.69) is 20.4 Å². The Morgan fingerprint density at radius 3 is 2.88 bits per heavy atom. The van der Waals surface area contributed by atoms with E-state index in [0.717, 1.165) is 12.0 Å². The minimum atomic E-state index is 0.211. The summed E-state index contributed by atoms with van der Waals surface area (Å²) in [5, 5.41) is 9.78. The van der Waals surface area contributed by atoms with Crippen LogP contribution in [0.15, 0.2) is 30.4 Å². The normalized spacial score (nSPS) is 36.5. The molecule has 2 saturated carbocycles. The second kappa shape index (κ2) is 6.00. The predicted octanol–water partition coefficient (Wildman–Crippen LogP) is 5.86. The molecule has 0 heterocycles. The van der Waals surface area contributed by atoms with E-state index in [4.69, 9.17) is 0 Å². The summed E-state index contributed by atoms with van der Waals surface area (Å²) in [6.07, 6.45) is 7.87. The van der Waals surface area contributed by atoms with E-state index < -0.39 is 0 Å². The zero-order valence-electron chi connectivity index (χ0n) is 15.6. The molecule has 1 aromatic carbocycles. The number of aromatic hydroxyl groups is 1. The van der Waals surface area contributed by atoms with Gasteiger partial charge in [0, 0.05) is 12.0 Å². The van der Waals surface area contributed by atoms with Crippen molar-refractivity contribution in [2.75, 3.05) is 0 Å². The molecule has 0 spiro atoms. The first kappa shape index (κ1) is 16.9. The van der Waals surface area contributed by atoms with E-state index in [1.807, 2.05) is 6.07 Å². The van der Waals surface area contributed by atoms with E-state index in [9.17, 15) is 9.90 Å². The Kier molecular flexibility index (Phi) is 4.05. The van der Waals surface area contributed by atoms with Crippen molar-refractivity contribution in [1.82, 2.24) is 0 Å². The molecule has 0 saturated heterocycles. The van der Waals surface area contributed by atoms with Crippen LogP contribution in [0.1, 0.15) is 80.6 Å². The lowest BCUT2D eigenvalue weighted by Gasteiger charge is -2.51. The van der Waals surface area contributed by atoms with Crippen LogP contribution in [0.2, 0.25) is 0 Å². The fraction of sp³-hybridized carbons (Fsp3) is 0.609. The van der Waals surface area contributed by atoms with Gasteiger partial charge in [0.1, 0.15) is 5.75 Å². The van der Waals surface area contributed by atoms with Gasteiger partial charge in [-0.1, -0.05) is 38.5 Å². The fourth-order valence-corrected chi connectivity index (χ4v) is 6.56. The molecule has 1 aromatic rings. The molecular weight excluding hydrogens is 308 g/mol. The maximum absolute atomic E-state index is 12.8. The van der Waals surface area contributed by atoms with Crippen molar-refractivity contribution in [3.63, 3.8) is 0 Å². The lowest BCUT2D eigenvalue weighted by molar-refractivity contribution is 0.0357. The molecule has 0 aliphatic heterocycles. The van der Waals surface area contributed by atoms with Crippen LogP contribution in [-0.2, 0) is 0 Å². The molecule has 4 rings (SSSR count). The number of hydrogen-bond acceptors (Lipinski definition) is 2. The third-order valence-electron chi connectivity index (χ3n) is 7.66. The van der Waals surface area contributed by atoms with Crippen LogP contribution in [0.25, 0.3) is 0 Å². The van der Waals surface area contributed by atoms with Crippen LogP contribution in [0, 0.1) is 23.2 Å². The quantitative estimate of drug-likeness (QED) is 0.701. The van der Waals surface area contributed by atoms with Crippen molar-refractivity contribution in [3.8, 4) is 5.75 Å². The Bertz CT molecular complexity index is 719. The maximum atomic E-state index is 12.8. The minimum absolute atomic E-state index is 0.211. The molecule has 1 N–H and O–H groups in total. The summed E-state index contributed by atoms with van der Waals surface area (Å²) in [7, 11) is 0. The topological polar surface area (TPSA) is 37.3 Å². The molecule has 2 heteroatoms. The SMILES string of the molecule is C=C(CCC)C1CCC2C3CC(=O)c4cc(O)ccc4C3CCC12C. The summed E-state index contributed by atoms with van der Waals surface area (Å²) in [6.45, 7) is 9.15. The number of fused-ring (bicyclic) bond motifs is 5. The lowest BCUT2D eigenvalue weighted by Crippen LogP contribution is -2.43. The van der Waals surface area contributed by atoms with Gasteiger partial charge >= 0.3 is 0 Å². The highest BCUT2D eigenvalue weighted by Gasteiger charge is 2.55. The predicted molar refractivity (Wildman–Crippen MR) is 101 cm³/mol. The largest absolute Gasteiger partial charge is 0.508 e. The van der Waals surface area contributed by atoms with Gasteiger partial charge in [0.05, 0.1) is 0 Å². The summed E-state index contributed by atoms with van der Waals surface area (Å²) in [6, 6.07) is 5.44. The highest BCUT2D eigenvalue weighted by molar-refractivity contribution is 5.99. The highest BCUT2D eigenvalue weighted by Crippen LogP contribution is 2.64. The minimum Gasteiger partial charge on any atom is -0.508 e. The van der Waals surface area contributed by atoms with Crippen molar-refractivity contribution in [3.05, 3.63) is 41.5 Å². The second-order valence-corrected chi connectivity index (χ2v) is 8.86. The molecular formula is C23H30O2. The second-order valence-electron chi connectivity index (χ2n) is 8.86. The number of ketones is 1. The molecule has 25 heavy (non-hydrogen) atoms. The Morgan fingerprint density at radius 2 is 2.12 bits per heavy atom. The third-order valence-corrected chi connectivity index (χ3v) is 7.66. The van der Waals surface area contributed by atoms with Crippen molar-refractivity contribution in [2.45, 2.75) is 64.7 Å². The first-order valence-corrected chi connectivity index (χ1v) is 9.99. The van der Waals surface area contributed by atoms with Crippen LogP contribution in [0.4, 0.5) is 0 Å². The number of allylic oxidation sites excluding steroid dienone is 1. The highest BCUT2D eigenvalue weighted by atomic mass is 16.3. The zero-order valence-corrected chi connectivity index (χ0v) is 15.6. The summed E-state index contributed by atoms with van der Waals surface area (Å²) < 4.78 is 0. The number of Topliss-reactive ketones (excluding diaryl/α,β-unsaturated/α-hetero) is 1. The first-order chi connectivity index (χ1) is 12.0. The monoisotopic (exact) mass is 338 g/mol. The number of rotatable bonds is 3. The number of phenolic OH excluding ortho intramolecular Hbond substituents is 1. The van der Waals surface area contributed by atoms with Crippen LogP contribution >= 0.6 is 0 Å². The average Bonchev–Trinajstić information content (AvgIpc) is 2.93. The molecule has 0 radical (unpaired) electrons. The van der Waals surface area contributed by atoms with E-state index in [1.54, 1.807) is 12.1 Å². The van der Waals surface area contributed by atoms with Crippen molar-refractivity contribution < 1.29 is 9.90 Å². The molecule has 3 aliphatic carbocycles. The van der Waals surface area contributed by atoms with Gasteiger partial charge in [-0.3, -0.25) is 4.79 Å². The van der Waals surface area contributed by atoms with Gasteiger partial charge in [-0.2, -0.15) is 0 Å². The number of carbonyl (C=O) groups excluding carboxylic acids is 1. The van der Waals surface area contributed by atoms with Crippen LogP contribution in [0.5, 0.6) is 5.75 Å². The number of carbonyl (C=O) groups is 1. The Hall–Kier alpha value is -1.57. The van der Waals surface area contributed by atoms with Gasteiger partial charge < -0.3 is 5.11 Å². The van der Waals surface area contributed by atoms with Crippen LogP contribution in [0.3, 0.4) is 0 Å². The third kappa shape index (κ3) is 2.48. The number of benzene rings is 1. The Balaban J connectivity index is 1.67. The molecule has 2 nitrogen and oxygen atoms in total. The molecule has 3 aliphatic rings. The van der Waals surface area contributed by atoms with E-state index in [-0.39, 0.29) is 11.5 Å². The molecule has 2 fully saturated rings. The maximum Gasteiger partial charge on any atom is 0.163 e. The molecule has 0 aromatic heterocycles. The average molecular weight is 338 g/mol. The van der Waals surface area contributed by atoms with Gasteiger partial charge in [-0.25, -0.2) is 0 Å². The van der Waals surface area contributed by atoms with Gasteiger partial charge in [-0.15, -0.1) is 0 Å². The fourth-order valence-electron chi connectivity index (χ4n) is 6.56. The summed E-state index contributed by atoms with van der Waals surface area (Å²) in [4.78, 5) is 12.8. The number of hydrogen-bond donors (Lipinski definition) is 1. The lowest BCUT2D eigenvalue weighted by atomic mass is 9.53. The molecule has 0 amide bonds. The number of phenols is 1. The smallest absolute Gasteiger partial charge is 0.163 e. The molecule has 134 valence electrons. The van der Waals surface area contributed by atoms with Crippen LogP contribution < -0.4 is 0 Å². The van der Waals surface area contributed by atoms with Crippen molar-refractivity contribution in [2.24, 2.45) is 23.2 Å². The Labute approximate surface area is 151 Å². The molecule has 5 atom stereocenters. The summed E-state index contributed by atoms with van der Waals surface area (Å²) >= 11 is 0. The van der Waals surface area contributed by atoms with Gasteiger partial charge in [0.25, 0.3) is 0 Å². The molecule has 5 unspecified atom stereocenters. The van der Waals surface area contributed by atoms with Crippen LogP contribution in [-0.4, -0.2) is 10.9 Å². The van der Waals surface area contributed by atoms with Gasteiger partial charge in [-0.05, 0) is 78.9 Å². The zero-order chi connectivity index (χ0) is 17.8. The van der Waals surface area contributed by atoms with Crippen molar-refractivity contribution >= 4 is 5.78 Å². The Morgan fingerprint density at radius 1 is 1.32 bits per heavy atom. The van der Waals surface area contributed by atoms with E-state index in [0.29, 0.717) is 35.5 Å². The summed E-state index contributed by atoms with van der Waals surface area (Å²) in [5.74, 6) is 2.67. The van der Waals surface area contributed by atoms with E-state index >= 15 is 0 Å². The molecule has 0 bridgehead atoms. The van der Waals surface area contributed by atoms with E-state index in [1.165, 1.54) is 43.2 Å². The van der Waals surface area contributed by atoms with Gasteiger partial charge in [0.15, 0.2) is 5.78 Å². The standard InChI is InChI=1S/C23H30O2/c1-4-5-14(2)20-8-9-21-18-13-22(25)19-12-15(24)6-7-16(19)17(18)10-11-23(20,21)3/h6-7,12,17-18,20-21,24H,2,4-5,8-11,13H2,1,3H3. The summed E-state index contributed by atoms with van der Waals surface area (Å²) in [5.41, 5.74) is 3.73.